The van der Waals surface area contributed by atoms with Crippen LogP contribution >= 0.6 is 0 Å². The molecular weight excluding hydrogens is 569 g/mol. The lowest BCUT2D eigenvalue weighted by Gasteiger charge is -2.05. The third kappa shape index (κ3) is 26.1. The van der Waals surface area contributed by atoms with E-state index in [2.05, 4.69) is 161 Å². The first-order valence-electron chi connectivity index (χ1n) is 19.0. The van der Waals surface area contributed by atoms with Crippen LogP contribution in [0.15, 0.2) is 77.6 Å². The maximum absolute atomic E-state index is 4.03. The fourth-order valence-corrected chi connectivity index (χ4v) is 5.61. The standard InChI is InChI=1S/C12H15N.C10H14.C8H13N.C8H18.C7H16/c1-9(2)7-10-8-13-12-6-4-3-5-11(10)12;1-9(2)8-10-6-4-3-5-7-10;1-7(2)5-8-3-4-9-6-8;1-4-5-6-7-8(2)3;1-6(2)5-7(3)4/h3-6,8-9,13H,7H2,1-2H3;3-7,9H,8H2,1-2H3;4,6-7H,3,5H2,1-2H3;8H,4-7H2,1-3H3;6-7H,5H2,1-4H3. The van der Waals surface area contributed by atoms with Crippen molar-refractivity contribution in [3.8, 4) is 0 Å². The van der Waals surface area contributed by atoms with E-state index in [-0.39, 0.29) is 0 Å². The number of rotatable bonds is 12. The Bertz CT molecular complexity index is 1170. The van der Waals surface area contributed by atoms with Crippen molar-refractivity contribution in [2.75, 3.05) is 0 Å². The van der Waals surface area contributed by atoms with Crippen LogP contribution in [-0.2, 0) is 12.8 Å². The van der Waals surface area contributed by atoms with Crippen molar-refractivity contribution in [2.45, 2.75) is 148 Å². The number of aromatic nitrogens is 1. The summed E-state index contributed by atoms with van der Waals surface area (Å²) in [5.41, 5.74) is 5.60. The highest BCUT2D eigenvalue weighted by Crippen LogP contribution is 2.20. The van der Waals surface area contributed by atoms with Gasteiger partial charge in [-0.1, -0.05) is 164 Å². The minimum Gasteiger partial charge on any atom is -0.361 e. The molecule has 1 aliphatic heterocycles. The Balaban J connectivity index is 0.000000574. The molecule has 2 aromatic carbocycles. The van der Waals surface area contributed by atoms with E-state index in [0.717, 1.165) is 48.3 Å². The smallest absolute Gasteiger partial charge is 0.0456 e. The molecule has 47 heavy (non-hydrogen) atoms. The average Bonchev–Trinajstić information content (AvgIpc) is 3.63. The lowest BCUT2D eigenvalue weighted by Crippen LogP contribution is -1.93. The Morgan fingerprint density at radius 3 is 1.66 bits per heavy atom. The molecule has 0 fully saturated rings. The molecule has 0 saturated carbocycles. The number of aliphatic imine (C=N–C) groups is 1. The van der Waals surface area contributed by atoms with Crippen LogP contribution in [0.25, 0.3) is 10.9 Å². The molecule has 0 radical (unpaired) electrons. The predicted octanol–water partition coefficient (Wildman–Crippen LogP) is 14.6. The maximum Gasteiger partial charge on any atom is 0.0456 e. The Morgan fingerprint density at radius 1 is 0.617 bits per heavy atom. The second-order valence-electron chi connectivity index (χ2n) is 15.9. The molecule has 0 unspecified atom stereocenters. The highest BCUT2D eigenvalue weighted by Gasteiger charge is 2.04. The van der Waals surface area contributed by atoms with Gasteiger partial charge in [-0.2, -0.15) is 0 Å². The molecule has 0 amide bonds. The lowest BCUT2D eigenvalue weighted by molar-refractivity contribution is 0.469. The first-order chi connectivity index (χ1) is 22.2. The van der Waals surface area contributed by atoms with Crippen LogP contribution in [-0.4, -0.2) is 11.2 Å². The van der Waals surface area contributed by atoms with E-state index in [9.17, 15) is 0 Å². The number of nitrogens with zero attached hydrogens (tertiary/aromatic N) is 1. The molecule has 2 heterocycles. The van der Waals surface area contributed by atoms with Crippen LogP contribution in [0, 0.1) is 35.5 Å². The van der Waals surface area contributed by atoms with Crippen molar-refractivity contribution in [3.63, 3.8) is 0 Å². The number of hydrogen-bond donors (Lipinski definition) is 1. The van der Waals surface area contributed by atoms with Crippen molar-refractivity contribution in [1.82, 2.24) is 4.98 Å². The van der Waals surface area contributed by atoms with Gasteiger partial charge >= 0.3 is 0 Å². The summed E-state index contributed by atoms with van der Waals surface area (Å²) in [7, 11) is 0. The molecule has 4 rings (SSSR count). The number of hydrogen-bond acceptors (Lipinski definition) is 1. The largest absolute Gasteiger partial charge is 0.361 e. The van der Waals surface area contributed by atoms with E-state index in [1.54, 1.807) is 0 Å². The third-order valence-electron chi connectivity index (χ3n) is 7.50. The SMILES string of the molecule is CC(C)CC(C)C.CC(C)CC1=CN=CC1.CC(C)Cc1c[nH]c2ccccc12.CC(C)Cc1ccccc1.CCCCCC(C)C. The zero-order valence-corrected chi connectivity index (χ0v) is 33.2. The lowest BCUT2D eigenvalue weighted by atomic mass is 10.0. The van der Waals surface area contributed by atoms with Crippen LogP contribution in [0.4, 0.5) is 0 Å². The zero-order chi connectivity index (χ0) is 35.6. The quantitative estimate of drug-likeness (QED) is 0.190. The molecule has 0 bridgehead atoms. The van der Waals surface area contributed by atoms with Crippen molar-refractivity contribution < 1.29 is 0 Å². The molecule has 1 aliphatic rings. The van der Waals surface area contributed by atoms with Crippen molar-refractivity contribution >= 4 is 17.1 Å². The van der Waals surface area contributed by atoms with Gasteiger partial charge in [0.25, 0.3) is 0 Å². The number of para-hydroxylation sites is 1. The second kappa shape index (κ2) is 27.4. The van der Waals surface area contributed by atoms with Crippen LogP contribution in [0.1, 0.15) is 146 Å². The van der Waals surface area contributed by atoms with Gasteiger partial charge in [-0.05, 0) is 84.0 Å². The van der Waals surface area contributed by atoms with Gasteiger partial charge in [0, 0.05) is 35.9 Å². The van der Waals surface area contributed by atoms with E-state index in [1.807, 2.05) is 12.4 Å². The van der Waals surface area contributed by atoms with E-state index in [4.69, 9.17) is 0 Å². The molecule has 266 valence electrons. The summed E-state index contributed by atoms with van der Waals surface area (Å²) in [6, 6.07) is 19.1. The number of H-pyrrole nitrogens is 1. The minimum atomic E-state index is 0.721. The second-order valence-corrected chi connectivity index (χ2v) is 15.9. The predicted molar refractivity (Wildman–Crippen MR) is 216 cm³/mol. The van der Waals surface area contributed by atoms with Gasteiger partial charge in [-0.15, -0.1) is 0 Å². The van der Waals surface area contributed by atoms with Gasteiger partial charge in [0.05, 0.1) is 0 Å². The summed E-state index contributed by atoms with van der Waals surface area (Å²) >= 11 is 0. The minimum absolute atomic E-state index is 0.721. The highest BCUT2D eigenvalue weighted by atomic mass is 14.7. The first kappa shape index (κ1) is 44.4. The Hall–Kier alpha value is -2.61. The first-order valence-corrected chi connectivity index (χ1v) is 19.0. The van der Waals surface area contributed by atoms with Crippen LogP contribution in [0.5, 0.6) is 0 Å². The van der Waals surface area contributed by atoms with Crippen LogP contribution in [0.2, 0.25) is 0 Å². The van der Waals surface area contributed by atoms with Crippen LogP contribution < -0.4 is 0 Å². The molecule has 2 heteroatoms. The fraction of sp³-hybridized carbons (Fsp3) is 0.622. The van der Waals surface area contributed by atoms with E-state index < -0.39 is 0 Å². The monoisotopic (exact) mass is 645 g/mol. The van der Waals surface area contributed by atoms with E-state index >= 15 is 0 Å². The van der Waals surface area contributed by atoms with Gasteiger partial charge < -0.3 is 4.98 Å². The third-order valence-corrected chi connectivity index (χ3v) is 7.50. The van der Waals surface area contributed by atoms with Gasteiger partial charge in [-0.25, -0.2) is 0 Å². The number of allylic oxidation sites excluding steroid dienone is 1. The van der Waals surface area contributed by atoms with E-state index in [1.165, 1.54) is 72.5 Å². The Kier molecular flexibility index (Phi) is 25.8. The molecular formula is C45H76N2. The number of aromatic amines is 1. The Labute approximate surface area is 293 Å². The molecule has 0 saturated heterocycles. The molecule has 0 aliphatic carbocycles. The number of benzene rings is 2. The topological polar surface area (TPSA) is 28.1 Å². The van der Waals surface area contributed by atoms with Gasteiger partial charge in [0.1, 0.15) is 0 Å². The maximum atomic E-state index is 4.03. The van der Waals surface area contributed by atoms with Crippen LogP contribution in [0.3, 0.4) is 0 Å². The van der Waals surface area contributed by atoms with Gasteiger partial charge in [0.15, 0.2) is 0 Å². The van der Waals surface area contributed by atoms with Gasteiger partial charge in [-0.3, -0.25) is 4.99 Å². The van der Waals surface area contributed by atoms with Crippen molar-refractivity contribution in [2.24, 2.45) is 40.5 Å². The molecule has 0 atom stereocenters. The molecule has 2 nitrogen and oxygen atoms in total. The Morgan fingerprint density at radius 2 is 1.19 bits per heavy atom. The highest BCUT2D eigenvalue weighted by molar-refractivity contribution is 5.83. The summed E-state index contributed by atoms with van der Waals surface area (Å²) in [6.45, 7) is 29.3. The van der Waals surface area contributed by atoms with Gasteiger partial charge in [0.2, 0.25) is 0 Å². The summed E-state index contributed by atoms with van der Waals surface area (Å²) in [4.78, 5) is 7.32. The summed E-state index contributed by atoms with van der Waals surface area (Å²) < 4.78 is 0. The summed E-state index contributed by atoms with van der Waals surface area (Å²) in [5.74, 6) is 4.92. The average molecular weight is 645 g/mol. The van der Waals surface area contributed by atoms with Crippen molar-refractivity contribution in [3.05, 3.63) is 83.7 Å². The zero-order valence-electron chi connectivity index (χ0n) is 33.2. The molecule has 3 aromatic rings. The van der Waals surface area contributed by atoms with Crippen molar-refractivity contribution in [1.29, 1.82) is 0 Å². The van der Waals surface area contributed by atoms with E-state index in [0.29, 0.717) is 0 Å². The summed E-state index contributed by atoms with van der Waals surface area (Å²) in [5, 5.41) is 1.37. The number of unbranched alkanes of at least 4 members (excludes halogenated alkanes) is 2. The fourth-order valence-electron chi connectivity index (χ4n) is 5.61. The molecule has 0 spiro atoms. The molecule has 1 N–H and O–H groups in total. The summed E-state index contributed by atoms with van der Waals surface area (Å²) in [6.07, 6.45) is 17.7. The number of fused-ring (bicyclic) bond motifs is 1. The number of nitrogens with one attached hydrogen (secondary N) is 1. The molecule has 1 aromatic heterocycles. The normalized spacial score (nSPS) is 12.0.